The Morgan fingerprint density at radius 2 is 2.25 bits per heavy atom. The first-order valence-corrected chi connectivity index (χ1v) is 6.97. The van der Waals surface area contributed by atoms with E-state index >= 15 is 0 Å². The molecule has 3 nitrogen and oxygen atoms in total. The Morgan fingerprint density at radius 1 is 1.38 bits per heavy atom. The molecule has 2 N–H and O–H groups in total. The lowest BCUT2D eigenvalue weighted by atomic mass is 10.2. The molecule has 0 spiro atoms. The fraction of sp³-hybridized carbons (Fsp3) is 0.583. The first kappa shape index (κ1) is 11.7. The molecule has 0 radical (unpaired) electrons. The summed E-state index contributed by atoms with van der Waals surface area (Å²) in [6, 6.07) is 4.20. The lowest BCUT2D eigenvalue weighted by Crippen LogP contribution is -2.25. The number of nitrogens with two attached hydrogens (primary N) is 1. The van der Waals surface area contributed by atoms with Crippen molar-refractivity contribution < 1.29 is 0 Å². The van der Waals surface area contributed by atoms with Gasteiger partial charge in [-0.3, -0.25) is 4.98 Å². The van der Waals surface area contributed by atoms with Gasteiger partial charge in [-0.25, -0.2) is 0 Å². The third-order valence-electron chi connectivity index (χ3n) is 2.82. The van der Waals surface area contributed by atoms with Gasteiger partial charge < -0.3 is 10.6 Å². The summed E-state index contributed by atoms with van der Waals surface area (Å²) in [4.78, 5) is 6.83. The molecule has 1 unspecified atom stereocenters. The molecule has 1 saturated heterocycles. The molecule has 88 valence electrons. The van der Waals surface area contributed by atoms with Crippen LogP contribution in [0.2, 0.25) is 0 Å². The van der Waals surface area contributed by atoms with E-state index in [1.165, 1.54) is 23.6 Å². The summed E-state index contributed by atoms with van der Waals surface area (Å²) in [5.74, 6) is 2.50. The maximum absolute atomic E-state index is 5.79. The van der Waals surface area contributed by atoms with Gasteiger partial charge in [0.05, 0.1) is 17.6 Å². The summed E-state index contributed by atoms with van der Waals surface area (Å²) < 4.78 is 0. The van der Waals surface area contributed by atoms with Crippen molar-refractivity contribution in [2.45, 2.75) is 19.4 Å². The molecule has 0 saturated carbocycles. The van der Waals surface area contributed by atoms with Gasteiger partial charge in [0.15, 0.2) is 0 Å². The van der Waals surface area contributed by atoms with E-state index in [4.69, 9.17) is 5.73 Å². The van der Waals surface area contributed by atoms with Crippen LogP contribution in [0.15, 0.2) is 18.3 Å². The van der Waals surface area contributed by atoms with Crippen LogP contribution in [0.3, 0.4) is 0 Å². The van der Waals surface area contributed by atoms with Crippen molar-refractivity contribution in [3.63, 3.8) is 0 Å². The lowest BCUT2D eigenvalue weighted by Gasteiger charge is -2.22. The smallest absolute Gasteiger partial charge is 0.0569 e. The van der Waals surface area contributed by atoms with E-state index in [1.54, 1.807) is 0 Å². The molecule has 4 heteroatoms. The van der Waals surface area contributed by atoms with Gasteiger partial charge in [-0.1, -0.05) is 0 Å². The number of hydrogen-bond acceptors (Lipinski definition) is 4. The SMILES string of the molecule is CC(N)c1ccc(N2CCCSCC2)cn1. The minimum absolute atomic E-state index is 0.0220. The predicted octanol–water partition coefficient (Wildman–Crippen LogP) is 2.04. The Balaban J connectivity index is 2.07. The van der Waals surface area contributed by atoms with Crippen molar-refractivity contribution >= 4 is 17.4 Å². The third kappa shape index (κ3) is 2.89. The van der Waals surface area contributed by atoms with Gasteiger partial charge in [0.1, 0.15) is 0 Å². The quantitative estimate of drug-likeness (QED) is 0.855. The highest BCUT2D eigenvalue weighted by molar-refractivity contribution is 7.99. The Morgan fingerprint density at radius 3 is 2.94 bits per heavy atom. The minimum atomic E-state index is 0.0220. The Labute approximate surface area is 101 Å². The van der Waals surface area contributed by atoms with E-state index in [-0.39, 0.29) is 6.04 Å². The van der Waals surface area contributed by atoms with Gasteiger partial charge in [0.25, 0.3) is 0 Å². The highest BCUT2D eigenvalue weighted by Crippen LogP contribution is 2.19. The van der Waals surface area contributed by atoms with Gasteiger partial charge >= 0.3 is 0 Å². The molecular weight excluding hydrogens is 218 g/mol. The van der Waals surface area contributed by atoms with Crippen LogP contribution < -0.4 is 10.6 Å². The first-order chi connectivity index (χ1) is 7.77. The van der Waals surface area contributed by atoms with Gasteiger partial charge in [-0.05, 0) is 31.2 Å². The van der Waals surface area contributed by atoms with E-state index in [9.17, 15) is 0 Å². The second-order valence-corrected chi connectivity index (χ2v) is 5.41. The average Bonchev–Trinajstić information content (AvgIpc) is 2.57. The van der Waals surface area contributed by atoms with Gasteiger partial charge in [-0.2, -0.15) is 11.8 Å². The molecule has 2 rings (SSSR count). The molecule has 1 aromatic rings. The molecule has 0 aromatic carbocycles. The molecule has 1 fully saturated rings. The number of hydrogen-bond donors (Lipinski definition) is 1. The van der Waals surface area contributed by atoms with Gasteiger partial charge in [0, 0.05) is 24.9 Å². The number of rotatable bonds is 2. The molecule has 1 aromatic heterocycles. The molecule has 1 atom stereocenters. The zero-order valence-corrected chi connectivity index (χ0v) is 10.5. The van der Waals surface area contributed by atoms with E-state index in [0.717, 1.165) is 18.8 Å². The number of thioether (sulfide) groups is 1. The summed E-state index contributed by atoms with van der Waals surface area (Å²) in [6.45, 7) is 4.24. The summed E-state index contributed by atoms with van der Waals surface area (Å²) in [7, 11) is 0. The third-order valence-corrected chi connectivity index (χ3v) is 3.87. The Bertz CT molecular complexity index is 316. The van der Waals surface area contributed by atoms with E-state index in [0.29, 0.717) is 0 Å². The Hall–Kier alpha value is -0.740. The van der Waals surface area contributed by atoms with Gasteiger partial charge in [0.2, 0.25) is 0 Å². The maximum atomic E-state index is 5.79. The summed E-state index contributed by atoms with van der Waals surface area (Å²) >= 11 is 2.04. The predicted molar refractivity (Wildman–Crippen MR) is 71.0 cm³/mol. The van der Waals surface area contributed by atoms with E-state index < -0.39 is 0 Å². The molecule has 1 aliphatic rings. The van der Waals surface area contributed by atoms with Crippen molar-refractivity contribution in [3.8, 4) is 0 Å². The van der Waals surface area contributed by atoms with E-state index in [1.807, 2.05) is 30.9 Å². The van der Waals surface area contributed by atoms with Crippen LogP contribution in [0, 0.1) is 0 Å². The van der Waals surface area contributed by atoms with E-state index in [2.05, 4.69) is 16.0 Å². The highest BCUT2D eigenvalue weighted by atomic mass is 32.2. The molecule has 0 amide bonds. The Kier molecular flexibility index (Phi) is 4.07. The fourth-order valence-corrected chi connectivity index (χ4v) is 2.75. The van der Waals surface area contributed by atoms with Crippen molar-refractivity contribution in [2.24, 2.45) is 5.73 Å². The van der Waals surface area contributed by atoms with Crippen LogP contribution in [-0.2, 0) is 0 Å². The van der Waals surface area contributed by atoms with Crippen molar-refractivity contribution in [3.05, 3.63) is 24.0 Å². The molecule has 1 aliphatic heterocycles. The number of nitrogens with zero attached hydrogens (tertiary/aromatic N) is 2. The minimum Gasteiger partial charge on any atom is -0.369 e. The fourth-order valence-electron chi connectivity index (χ4n) is 1.86. The van der Waals surface area contributed by atoms with Crippen LogP contribution in [0.1, 0.15) is 25.1 Å². The normalized spacial score (nSPS) is 19.2. The van der Waals surface area contributed by atoms with Crippen LogP contribution in [-0.4, -0.2) is 29.6 Å². The largest absolute Gasteiger partial charge is 0.369 e. The number of aromatic nitrogens is 1. The van der Waals surface area contributed by atoms with Crippen LogP contribution >= 0.6 is 11.8 Å². The van der Waals surface area contributed by atoms with Crippen molar-refractivity contribution in [1.82, 2.24) is 4.98 Å². The standard InChI is InChI=1S/C12H19N3S/c1-10(13)12-4-3-11(9-14-12)15-5-2-7-16-8-6-15/h3-4,9-10H,2,5-8,13H2,1H3. The second kappa shape index (κ2) is 5.55. The maximum Gasteiger partial charge on any atom is 0.0569 e. The topological polar surface area (TPSA) is 42.1 Å². The molecule has 0 bridgehead atoms. The summed E-state index contributed by atoms with van der Waals surface area (Å²) in [5.41, 5.74) is 7.98. The zero-order chi connectivity index (χ0) is 11.4. The first-order valence-electron chi connectivity index (χ1n) is 5.81. The second-order valence-electron chi connectivity index (χ2n) is 4.18. The molecule has 16 heavy (non-hydrogen) atoms. The lowest BCUT2D eigenvalue weighted by molar-refractivity contribution is 0.773. The molecule has 2 heterocycles. The monoisotopic (exact) mass is 237 g/mol. The van der Waals surface area contributed by atoms with Crippen molar-refractivity contribution in [2.75, 3.05) is 29.5 Å². The van der Waals surface area contributed by atoms with Crippen LogP contribution in [0.4, 0.5) is 5.69 Å². The summed E-state index contributed by atoms with van der Waals surface area (Å²) in [6.07, 6.45) is 3.22. The summed E-state index contributed by atoms with van der Waals surface area (Å²) in [5, 5.41) is 0. The molecule has 0 aliphatic carbocycles. The molecular formula is C12H19N3S. The van der Waals surface area contributed by atoms with Crippen molar-refractivity contribution in [1.29, 1.82) is 0 Å². The van der Waals surface area contributed by atoms with Gasteiger partial charge in [-0.15, -0.1) is 0 Å². The zero-order valence-electron chi connectivity index (χ0n) is 9.72. The highest BCUT2D eigenvalue weighted by Gasteiger charge is 2.10. The number of pyridine rings is 1. The van der Waals surface area contributed by atoms with Crippen LogP contribution in [0.25, 0.3) is 0 Å². The average molecular weight is 237 g/mol. The number of anilines is 1. The van der Waals surface area contributed by atoms with Crippen LogP contribution in [0.5, 0.6) is 0 Å².